The summed E-state index contributed by atoms with van der Waals surface area (Å²) in [6, 6.07) is 10.5. The summed E-state index contributed by atoms with van der Waals surface area (Å²) < 4.78 is 7.03. The molecule has 3 nitrogen and oxygen atoms in total. The Balaban J connectivity index is 1.91. The largest absolute Gasteiger partial charge is 0.493 e. The molecular weight excluding hydrogens is 328 g/mol. The van der Waals surface area contributed by atoms with Gasteiger partial charge in [0.1, 0.15) is 5.75 Å². The van der Waals surface area contributed by atoms with Gasteiger partial charge in [-0.2, -0.15) is 0 Å². The fourth-order valence-corrected chi connectivity index (χ4v) is 2.53. The van der Waals surface area contributed by atoms with E-state index in [1.165, 1.54) is 11.1 Å². The van der Waals surface area contributed by atoms with Crippen molar-refractivity contribution in [3.05, 3.63) is 58.3 Å². The number of rotatable bonds is 7. The molecule has 1 heterocycles. The molecule has 0 aliphatic rings. The predicted molar refractivity (Wildman–Crippen MR) is 89.7 cm³/mol. The normalized spacial score (nSPS) is 12.1. The first kappa shape index (κ1) is 16.0. The number of aromatic nitrogens is 1. The zero-order valence-corrected chi connectivity index (χ0v) is 14.1. The van der Waals surface area contributed by atoms with E-state index in [1.54, 1.807) is 0 Å². The van der Waals surface area contributed by atoms with Crippen molar-refractivity contribution in [3.63, 3.8) is 0 Å². The standard InChI is InChI=1S/C17H21BrN2O/c1-13(19-2)16-12-15(18)5-6-17(16)21-11-3-4-14-7-9-20-10-8-14/h5-10,12-13,19H,3-4,11H2,1-2H3. The van der Waals surface area contributed by atoms with E-state index in [9.17, 15) is 0 Å². The smallest absolute Gasteiger partial charge is 0.124 e. The number of ether oxygens (including phenoxy) is 1. The van der Waals surface area contributed by atoms with E-state index >= 15 is 0 Å². The van der Waals surface area contributed by atoms with Crippen LogP contribution in [-0.2, 0) is 6.42 Å². The highest BCUT2D eigenvalue weighted by atomic mass is 79.9. The minimum atomic E-state index is 0.262. The third kappa shape index (κ3) is 4.83. The third-order valence-corrected chi connectivity index (χ3v) is 3.98. The Morgan fingerprint density at radius 2 is 2.00 bits per heavy atom. The summed E-state index contributed by atoms with van der Waals surface area (Å²) in [5.41, 5.74) is 2.48. The summed E-state index contributed by atoms with van der Waals surface area (Å²) in [6.45, 7) is 2.85. The van der Waals surface area contributed by atoms with Gasteiger partial charge < -0.3 is 10.1 Å². The third-order valence-electron chi connectivity index (χ3n) is 3.49. The van der Waals surface area contributed by atoms with Crippen LogP contribution >= 0.6 is 15.9 Å². The van der Waals surface area contributed by atoms with Gasteiger partial charge in [0.05, 0.1) is 6.61 Å². The van der Waals surface area contributed by atoms with Crippen LogP contribution in [0.25, 0.3) is 0 Å². The summed E-state index contributed by atoms with van der Waals surface area (Å²) in [5, 5.41) is 3.26. The number of hydrogen-bond acceptors (Lipinski definition) is 3. The first-order valence-corrected chi connectivity index (χ1v) is 7.98. The molecule has 1 aromatic heterocycles. The molecule has 21 heavy (non-hydrogen) atoms. The summed E-state index contributed by atoms with van der Waals surface area (Å²) in [4.78, 5) is 4.03. The topological polar surface area (TPSA) is 34.1 Å². The molecule has 0 aliphatic heterocycles. The van der Waals surface area contributed by atoms with E-state index in [-0.39, 0.29) is 6.04 Å². The van der Waals surface area contributed by atoms with Gasteiger partial charge in [-0.25, -0.2) is 0 Å². The van der Waals surface area contributed by atoms with Crippen molar-refractivity contribution in [3.8, 4) is 5.75 Å². The molecule has 4 heteroatoms. The van der Waals surface area contributed by atoms with Gasteiger partial charge in [-0.1, -0.05) is 15.9 Å². The zero-order valence-electron chi connectivity index (χ0n) is 12.5. The molecule has 2 rings (SSSR count). The van der Waals surface area contributed by atoms with Crippen LogP contribution in [0.4, 0.5) is 0 Å². The van der Waals surface area contributed by atoms with Crippen molar-refractivity contribution in [1.29, 1.82) is 0 Å². The van der Waals surface area contributed by atoms with Crippen LogP contribution in [0.1, 0.15) is 30.5 Å². The highest BCUT2D eigenvalue weighted by Crippen LogP contribution is 2.28. The van der Waals surface area contributed by atoms with Gasteiger partial charge in [0.15, 0.2) is 0 Å². The molecule has 2 aromatic rings. The maximum Gasteiger partial charge on any atom is 0.124 e. The molecule has 0 saturated heterocycles. The number of nitrogens with one attached hydrogen (secondary N) is 1. The fourth-order valence-electron chi connectivity index (χ4n) is 2.15. The highest BCUT2D eigenvalue weighted by Gasteiger charge is 2.10. The fraction of sp³-hybridized carbons (Fsp3) is 0.353. The monoisotopic (exact) mass is 348 g/mol. The lowest BCUT2D eigenvalue weighted by Crippen LogP contribution is -2.14. The van der Waals surface area contributed by atoms with Crippen molar-refractivity contribution in [1.82, 2.24) is 10.3 Å². The lowest BCUT2D eigenvalue weighted by molar-refractivity contribution is 0.305. The molecule has 0 amide bonds. The van der Waals surface area contributed by atoms with Crippen LogP contribution in [0.3, 0.4) is 0 Å². The molecule has 1 aromatic carbocycles. The molecule has 1 unspecified atom stereocenters. The van der Waals surface area contributed by atoms with Crippen LogP contribution in [0.5, 0.6) is 5.75 Å². The molecule has 0 radical (unpaired) electrons. The van der Waals surface area contributed by atoms with Crippen LogP contribution in [0.15, 0.2) is 47.2 Å². The zero-order chi connectivity index (χ0) is 15.1. The van der Waals surface area contributed by atoms with Crippen molar-refractivity contribution >= 4 is 15.9 Å². The second kappa shape index (κ2) is 8.15. The SMILES string of the molecule is CNC(C)c1cc(Br)ccc1OCCCc1ccncc1. The molecule has 1 N–H and O–H groups in total. The van der Waals surface area contributed by atoms with E-state index in [1.807, 2.05) is 43.7 Å². The van der Waals surface area contributed by atoms with Gasteiger partial charge in [-0.05, 0) is 62.7 Å². The second-order valence-electron chi connectivity index (χ2n) is 5.00. The Kier molecular flexibility index (Phi) is 6.21. The van der Waals surface area contributed by atoms with E-state index in [0.29, 0.717) is 6.61 Å². The van der Waals surface area contributed by atoms with E-state index < -0.39 is 0 Å². The average Bonchev–Trinajstić information content (AvgIpc) is 2.53. The van der Waals surface area contributed by atoms with Crippen LogP contribution in [-0.4, -0.2) is 18.6 Å². The molecule has 0 spiro atoms. The van der Waals surface area contributed by atoms with Crippen molar-refractivity contribution in [2.45, 2.75) is 25.8 Å². The Hall–Kier alpha value is -1.39. The summed E-state index contributed by atoms with van der Waals surface area (Å²) >= 11 is 3.52. The van der Waals surface area contributed by atoms with Gasteiger partial charge in [-0.3, -0.25) is 4.98 Å². The van der Waals surface area contributed by atoms with Crippen molar-refractivity contribution in [2.75, 3.05) is 13.7 Å². The Morgan fingerprint density at radius 3 is 2.71 bits per heavy atom. The van der Waals surface area contributed by atoms with Crippen LogP contribution < -0.4 is 10.1 Å². The van der Waals surface area contributed by atoms with Crippen LogP contribution in [0.2, 0.25) is 0 Å². The Bertz CT molecular complexity index is 560. The van der Waals surface area contributed by atoms with Gasteiger partial charge in [0.25, 0.3) is 0 Å². The first-order valence-electron chi connectivity index (χ1n) is 7.19. The molecule has 0 fully saturated rings. The molecule has 0 saturated carbocycles. The second-order valence-corrected chi connectivity index (χ2v) is 5.92. The predicted octanol–water partition coefficient (Wildman–Crippen LogP) is 4.14. The average molecular weight is 349 g/mol. The van der Waals surface area contributed by atoms with Crippen LogP contribution in [0, 0.1) is 0 Å². The number of hydrogen-bond donors (Lipinski definition) is 1. The Labute approximate surface area is 134 Å². The lowest BCUT2D eigenvalue weighted by atomic mass is 10.1. The minimum absolute atomic E-state index is 0.262. The number of halogens is 1. The van der Waals surface area contributed by atoms with Gasteiger partial charge in [0.2, 0.25) is 0 Å². The quantitative estimate of drug-likeness (QED) is 0.763. The van der Waals surface area contributed by atoms with Gasteiger partial charge >= 0.3 is 0 Å². The molecule has 112 valence electrons. The highest BCUT2D eigenvalue weighted by molar-refractivity contribution is 9.10. The van der Waals surface area contributed by atoms with E-state index in [4.69, 9.17) is 4.74 Å². The minimum Gasteiger partial charge on any atom is -0.493 e. The van der Waals surface area contributed by atoms with E-state index in [2.05, 4.69) is 39.2 Å². The van der Waals surface area contributed by atoms with Crippen molar-refractivity contribution < 1.29 is 4.74 Å². The maximum absolute atomic E-state index is 5.96. The first-order chi connectivity index (χ1) is 10.2. The summed E-state index contributed by atoms with van der Waals surface area (Å²) in [5.74, 6) is 0.953. The molecule has 0 aliphatic carbocycles. The number of nitrogens with zero attached hydrogens (tertiary/aromatic N) is 1. The maximum atomic E-state index is 5.96. The number of benzene rings is 1. The molecule has 1 atom stereocenters. The van der Waals surface area contributed by atoms with Crippen molar-refractivity contribution in [2.24, 2.45) is 0 Å². The Morgan fingerprint density at radius 1 is 1.24 bits per heavy atom. The van der Waals surface area contributed by atoms with Gasteiger partial charge in [0, 0.05) is 28.5 Å². The van der Waals surface area contributed by atoms with E-state index in [0.717, 1.165) is 23.1 Å². The number of aryl methyl sites for hydroxylation is 1. The summed E-state index contributed by atoms with van der Waals surface area (Å²) in [6.07, 6.45) is 5.67. The molecule has 0 bridgehead atoms. The summed E-state index contributed by atoms with van der Waals surface area (Å²) in [7, 11) is 1.96. The molecular formula is C17H21BrN2O. The van der Waals surface area contributed by atoms with Gasteiger partial charge in [-0.15, -0.1) is 0 Å². The lowest BCUT2D eigenvalue weighted by Gasteiger charge is -2.17. The number of pyridine rings is 1.